The van der Waals surface area contributed by atoms with Gasteiger partial charge in [0.2, 0.25) is 0 Å². The Hall–Kier alpha value is -1.14. The molecule has 2 aromatic heterocycles. The molecule has 6 heteroatoms. The van der Waals surface area contributed by atoms with E-state index in [0.717, 1.165) is 15.3 Å². The third kappa shape index (κ3) is 2.22. The van der Waals surface area contributed by atoms with Gasteiger partial charge in [-0.25, -0.2) is 4.98 Å². The van der Waals surface area contributed by atoms with Gasteiger partial charge in [-0.3, -0.25) is 14.2 Å². The summed E-state index contributed by atoms with van der Waals surface area (Å²) in [6.07, 6.45) is 0. The van der Waals surface area contributed by atoms with Crippen molar-refractivity contribution in [2.24, 2.45) is 7.05 Å². The first-order chi connectivity index (χ1) is 8.41. The Morgan fingerprint density at radius 2 is 2.11 bits per heavy atom. The molecule has 0 atom stereocenters. The van der Waals surface area contributed by atoms with Crippen LogP contribution in [0, 0.1) is 13.8 Å². The maximum absolute atomic E-state index is 12.3. The smallest absolute Gasteiger partial charge is 0.262 e. The number of thiophene rings is 1. The van der Waals surface area contributed by atoms with Gasteiger partial charge in [0.15, 0.2) is 5.16 Å². The quantitative estimate of drug-likeness (QED) is 0.640. The van der Waals surface area contributed by atoms with Gasteiger partial charge < -0.3 is 0 Å². The summed E-state index contributed by atoms with van der Waals surface area (Å²) >= 11 is 2.84. The summed E-state index contributed by atoms with van der Waals surface area (Å²) < 4.78 is 1.52. The highest BCUT2D eigenvalue weighted by atomic mass is 32.2. The SMILES string of the molecule is CC(=O)CSc1nc2sc(C)c(C)c2c(=O)n1C. The van der Waals surface area contributed by atoms with Gasteiger partial charge in [0.25, 0.3) is 5.56 Å². The lowest BCUT2D eigenvalue weighted by Gasteiger charge is -2.05. The summed E-state index contributed by atoms with van der Waals surface area (Å²) in [5.74, 6) is 0.419. The zero-order chi connectivity index (χ0) is 13.4. The number of hydrogen-bond acceptors (Lipinski definition) is 5. The Morgan fingerprint density at radius 1 is 1.44 bits per heavy atom. The number of aromatic nitrogens is 2. The van der Waals surface area contributed by atoms with E-state index < -0.39 is 0 Å². The van der Waals surface area contributed by atoms with E-state index in [2.05, 4.69) is 4.98 Å². The molecular formula is C12H14N2O2S2. The second-order valence-corrected chi connectivity index (χ2v) is 6.36. The summed E-state index contributed by atoms with van der Waals surface area (Å²) in [4.78, 5) is 29.6. The molecule has 0 fully saturated rings. The lowest BCUT2D eigenvalue weighted by Crippen LogP contribution is -2.20. The molecule has 0 spiro atoms. The van der Waals surface area contributed by atoms with Crippen molar-refractivity contribution in [3.63, 3.8) is 0 Å². The van der Waals surface area contributed by atoms with E-state index in [0.29, 0.717) is 16.3 Å². The molecule has 0 radical (unpaired) electrons. The van der Waals surface area contributed by atoms with E-state index in [4.69, 9.17) is 0 Å². The minimum Gasteiger partial charge on any atom is -0.299 e. The maximum Gasteiger partial charge on any atom is 0.262 e. The first-order valence-corrected chi connectivity index (χ1v) is 7.31. The van der Waals surface area contributed by atoms with Crippen LogP contribution in [0.5, 0.6) is 0 Å². The fourth-order valence-electron chi connectivity index (χ4n) is 1.65. The zero-order valence-corrected chi connectivity index (χ0v) is 12.4. The summed E-state index contributed by atoms with van der Waals surface area (Å²) in [7, 11) is 1.70. The Kier molecular flexibility index (Phi) is 3.59. The van der Waals surface area contributed by atoms with E-state index in [1.807, 2.05) is 13.8 Å². The van der Waals surface area contributed by atoms with Crippen molar-refractivity contribution in [2.45, 2.75) is 25.9 Å². The first kappa shape index (κ1) is 13.3. The van der Waals surface area contributed by atoms with Crippen LogP contribution in [0.15, 0.2) is 9.95 Å². The van der Waals surface area contributed by atoms with Crippen molar-refractivity contribution in [2.75, 3.05) is 5.75 Å². The monoisotopic (exact) mass is 282 g/mol. The van der Waals surface area contributed by atoms with Crippen molar-refractivity contribution < 1.29 is 4.79 Å². The van der Waals surface area contributed by atoms with Crippen molar-refractivity contribution in [1.82, 2.24) is 9.55 Å². The Labute approximate surface area is 113 Å². The van der Waals surface area contributed by atoms with Gasteiger partial charge in [0.05, 0.1) is 11.1 Å². The number of Topliss-reactive ketones (excluding diaryl/α,β-unsaturated/α-hetero) is 1. The van der Waals surface area contributed by atoms with Crippen molar-refractivity contribution in [1.29, 1.82) is 0 Å². The molecule has 2 rings (SSSR count). The summed E-state index contributed by atoms with van der Waals surface area (Å²) in [5.41, 5.74) is 0.971. The predicted octanol–water partition coefficient (Wildman–Crippen LogP) is 2.29. The lowest BCUT2D eigenvalue weighted by atomic mass is 10.2. The van der Waals surface area contributed by atoms with Gasteiger partial charge in [-0.15, -0.1) is 11.3 Å². The second-order valence-electron chi connectivity index (χ2n) is 4.21. The van der Waals surface area contributed by atoms with Crippen LogP contribution in [0.3, 0.4) is 0 Å². The van der Waals surface area contributed by atoms with E-state index in [1.54, 1.807) is 7.05 Å². The second kappa shape index (κ2) is 4.85. The molecule has 0 aliphatic carbocycles. The summed E-state index contributed by atoms with van der Waals surface area (Å²) in [6.45, 7) is 5.46. The minimum atomic E-state index is -0.0343. The number of ketones is 1. The molecule has 18 heavy (non-hydrogen) atoms. The van der Waals surface area contributed by atoms with Crippen molar-refractivity contribution in [3.8, 4) is 0 Å². The highest BCUT2D eigenvalue weighted by molar-refractivity contribution is 7.99. The van der Waals surface area contributed by atoms with Gasteiger partial charge >= 0.3 is 0 Å². The van der Waals surface area contributed by atoms with Crippen LogP contribution >= 0.6 is 23.1 Å². The van der Waals surface area contributed by atoms with E-state index >= 15 is 0 Å². The van der Waals surface area contributed by atoms with Crippen LogP contribution in [0.4, 0.5) is 0 Å². The van der Waals surface area contributed by atoms with Gasteiger partial charge in [-0.1, -0.05) is 11.8 Å². The number of hydrogen-bond donors (Lipinski definition) is 0. The van der Waals surface area contributed by atoms with Gasteiger partial charge in [-0.2, -0.15) is 0 Å². The van der Waals surface area contributed by atoms with E-state index in [9.17, 15) is 9.59 Å². The summed E-state index contributed by atoms with van der Waals surface area (Å²) in [6, 6.07) is 0. The predicted molar refractivity (Wildman–Crippen MR) is 75.7 cm³/mol. The summed E-state index contributed by atoms with van der Waals surface area (Å²) in [5, 5.41) is 1.30. The largest absolute Gasteiger partial charge is 0.299 e. The highest BCUT2D eigenvalue weighted by Crippen LogP contribution is 2.27. The molecule has 0 amide bonds. The molecule has 96 valence electrons. The molecule has 0 bridgehead atoms. The average molecular weight is 282 g/mol. The van der Waals surface area contributed by atoms with Gasteiger partial charge in [0, 0.05) is 11.9 Å². The van der Waals surface area contributed by atoms with Crippen LogP contribution < -0.4 is 5.56 Å². The Balaban J connectivity index is 2.61. The third-order valence-corrected chi connectivity index (χ3v) is 5.05. The minimum absolute atomic E-state index is 0.0343. The van der Waals surface area contributed by atoms with Crippen LogP contribution in [0.1, 0.15) is 17.4 Å². The average Bonchev–Trinajstić information content (AvgIpc) is 2.58. The molecule has 0 saturated heterocycles. The third-order valence-electron chi connectivity index (χ3n) is 2.77. The van der Waals surface area contributed by atoms with E-state index in [1.165, 1.54) is 34.6 Å². The zero-order valence-electron chi connectivity index (χ0n) is 10.7. The van der Waals surface area contributed by atoms with Crippen LogP contribution in [-0.2, 0) is 11.8 Å². The molecule has 2 heterocycles. The number of fused-ring (bicyclic) bond motifs is 1. The molecular weight excluding hydrogens is 268 g/mol. The number of aryl methyl sites for hydroxylation is 2. The maximum atomic E-state index is 12.3. The van der Waals surface area contributed by atoms with E-state index in [-0.39, 0.29) is 11.3 Å². The molecule has 0 aliphatic heterocycles. The Bertz CT molecular complexity index is 685. The number of thioether (sulfide) groups is 1. The molecule has 0 N–H and O–H groups in total. The van der Waals surface area contributed by atoms with Gasteiger partial charge in [-0.05, 0) is 26.3 Å². The molecule has 0 saturated carbocycles. The molecule has 0 unspecified atom stereocenters. The number of carbonyl (C=O) groups excluding carboxylic acids is 1. The number of rotatable bonds is 3. The Morgan fingerprint density at radius 3 is 2.72 bits per heavy atom. The molecule has 2 aromatic rings. The normalized spacial score (nSPS) is 11.1. The lowest BCUT2D eigenvalue weighted by molar-refractivity contribution is -0.114. The van der Waals surface area contributed by atoms with Crippen molar-refractivity contribution in [3.05, 3.63) is 20.8 Å². The number of carbonyl (C=O) groups is 1. The number of nitrogens with zero attached hydrogens (tertiary/aromatic N) is 2. The molecule has 0 aromatic carbocycles. The molecule has 4 nitrogen and oxygen atoms in total. The molecule has 0 aliphatic rings. The van der Waals surface area contributed by atoms with Crippen molar-refractivity contribution >= 4 is 39.1 Å². The first-order valence-electron chi connectivity index (χ1n) is 5.50. The fourth-order valence-corrected chi connectivity index (χ4v) is 3.49. The topological polar surface area (TPSA) is 52.0 Å². The van der Waals surface area contributed by atoms with Crippen LogP contribution in [0.25, 0.3) is 10.2 Å². The fraction of sp³-hybridized carbons (Fsp3) is 0.417. The highest BCUT2D eigenvalue weighted by Gasteiger charge is 2.14. The van der Waals surface area contributed by atoms with Crippen LogP contribution in [0.2, 0.25) is 0 Å². The van der Waals surface area contributed by atoms with Crippen LogP contribution in [-0.4, -0.2) is 21.1 Å². The van der Waals surface area contributed by atoms with Gasteiger partial charge in [0.1, 0.15) is 10.6 Å². The standard InChI is InChI=1S/C12H14N2O2S2/c1-6(15)5-17-12-13-10-9(11(16)14(12)4)7(2)8(3)18-10/h5H2,1-4H3.